The number of anilines is 1. The molecule has 0 bridgehead atoms. The number of nitrogens with zero attached hydrogens (tertiary/aromatic N) is 5. The summed E-state index contributed by atoms with van der Waals surface area (Å²) >= 11 is 0. The first-order chi connectivity index (χ1) is 12.5. The summed E-state index contributed by atoms with van der Waals surface area (Å²) in [6.45, 7) is 1.99. The van der Waals surface area contributed by atoms with Crippen LogP contribution in [0.4, 0.5) is 5.82 Å². The highest BCUT2D eigenvalue weighted by molar-refractivity contribution is 7.90. The molecular weight excluding hydrogens is 352 g/mol. The molecule has 0 unspecified atom stereocenters. The van der Waals surface area contributed by atoms with Crippen LogP contribution in [-0.2, 0) is 9.84 Å². The number of hydrogen-bond donors (Lipinski definition) is 1. The third kappa shape index (κ3) is 3.27. The van der Waals surface area contributed by atoms with Gasteiger partial charge in [0.25, 0.3) is 0 Å². The van der Waals surface area contributed by atoms with Crippen LogP contribution in [0.1, 0.15) is 19.3 Å². The highest BCUT2D eigenvalue weighted by Gasteiger charge is 2.15. The van der Waals surface area contributed by atoms with E-state index in [1.807, 2.05) is 0 Å². The second-order valence-electron chi connectivity index (χ2n) is 6.44. The van der Waals surface area contributed by atoms with Crippen LogP contribution in [-0.4, -0.2) is 52.5 Å². The van der Waals surface area contributed by atoms with Crippen molar-refractivity contribution >= 4 is 26.7 Å². The highest BCUT2D eigenvalue weighted by Crippen LogP contribution is 2.23. The summed E-state index contributed by atoms with van der Waals surface area (Å²) in [4.78, 5) is 8.99. The van der Waals surface area contributed by atoms with Gasteiger partial charge in [-0.15, -0.1) is 0 Å². The van der Waals surface area contributed by atoms with Gasteiger partial charge in [-0.05, 0) is 37.1 Å². The summed E-state index contributed by atoms with van der Waals surface area (Å²) in [5, 5.41) is 7.41. The lowest BCUT2D eigenvalue weighted by Gasteiger charge is -2.27. The fourth-order valence-corrected chi connectivity index (χ4v) is 3.74. The molecule has 1 saturated heterocycles. The summed E-state index contributed by atoms with van der Waals surface area (Å²) in [5.74, 6) is 0.732. The van der Waals surface area contributed by atoms with E-state index in [4.69, 9.17) is 0 Å². The smallest absolute Gasteiger partial charge is 0.175 e. The maximum atomic E-state index is 11.6. The van der Waals surface area contributed by atoms with Crippen molar-refractivity contribution in [3.63, 3.8) is 0 Å². The first-order valence-electron chi connectivity index (χ1n) is 8.53. The first-order valence-corrected chi connectivity index (χ1v) is 10.4. The molecule has 1 aliphatic heterocycles. The van der Waals surface area contributed by atoms with E-state index in [2.05, 4.69) is 25.5 Å². The fraction of sp³-hybridized carbons (Fsp3) is 0.353. The van der Waals surface area contributed by atoms with Crippen LogP contribution >= 0.6 is 0 Å². The molecule has 0 saturated carbocycles. The Hall–Kier alpha value is -2.52. The van der Waals surface area contributed by atoms with Crippen LogP contribution < -0.4 is 5.43 Å². The molecule has 0 spiro atoms. The fourth-order valence-electron chi connectivity index (χ4n) is 3.11. The summed E-state index contributed by atoms with van der Waals surface area (Å²) in [6.07, 6.45) is 8.04. The van der Waals surface area contributed by atoms with E-state index in [-0.39, 0.29) is 4.90 Å². The third-order valence-corrected chi connectivity index (χ3v) is 5.62. The molecule has 1 aliphatic rings. The van der Waals surface area contributed by atoms with Crippen molar-refractivity contribution in [1.29, 1.82) is 0 Å². The van der Waals surface area contributed by atoms with E-state index in [0.717, 1.165) is 30.0 Å². The number of benzene rings is 1. The van der Waals surface area contributed by atoms with Crippen LogP contribution in [0.15, 0.2) is 41.7 Å². The quantitative estimate of drug-likeness (QED) is 0.749. The number of piperidine rings is 1. The van der Waals surface area contributed by atoms with Gasteiger partial charge in [0.1, 0.15) is 6.33 Å². The van der Waals surface area contributed by atoms with E-state index >= 15 is 0 Å². The second-order valence-corrected chi connectivity index (χ2v) is 8.46. The standard InChI is InChI=1S/C17H20N6O2S/c1-26(24,25)14-7-5-13(6-8-14)23-17-15(11-20-23)16(18-12-19-17)21-22-9-3-2-4-10-22/h5-8,11-12H,2-4,9-10H2,1H3,(H,18,19,21). The Balaban J connectivity index is 1.68. The number of nitrogens with one attached hydrogen (secondary N) is 1. The molecule has 1 fully saturated rings. The lowest BCUT2D eigenvalue weighted by Crippen LogP contribution is -2.35. The Morgan fingerprint density at radius 1 is 1.04 bits per heavy atom. The van der Waals surface area contributed by atoms with Crippen molar-refractivity contribution in [3.05, 3.63) is 36.8 Å². The normalized spacial score (nSPS) is 16.0. The molecule has 26 heavy (non-hydrogen) atoms. The Labute approximate surface area is 151 Å². The summed E-state index contributed by atoms with van der Waals surface area (Å²) in [7, 11) is -3.22. The largest absolute Gasteiger partial charge is 0.302 e. The summed E-state index contributed by atoms with van der Waals surface area (Å²) < 4.78 is 24.9. The number of hydrazine groups is 1. The monoisotopic (exact) mass is 372 g/mol. The number of sulfone groups is 1. The van der Waals surface area contributed by atoms with E-state index in [0.29, 0.717) is 5.65 Å². The maximum absolute atomic E-state index is 11.6. The van der Waals surface area contributed by atoms with Crippen molar-refractivity contribution in [1.82, 2.24) is 24.8 Å². The molecule has 0 radical (unpaired) electrons. The minimum absolute atomic E-state index is 0.278. The molecule has 0 amide bonds. The van der Waals surface area contributed by atoms with Gasteiger partial charge >= 0.3 is 0 Å². The minimum atomic E-state index is -3.22. The van der Waals surface area contributed by atoms with E-state index in [1.54, 1.807) is 35.1 Å². The van der Waals surface area contributed by atoms with E-state index < -0.39 is 9.84 Å². The zero-order chi connectivity index (χ0) is 18.1. The van der Waals surface area contributed by atoms with Gasteiger partial charge in [0.15, 0.2) is 21.3 Å². The average Bonchev–Trinajstić information content (AvgIpc) is 3.07. The molecule has 4 rings (SSSR count). The van der Waals surface area contributed by atoms with Gasteiger partial charge in [-0.3, -0.25) is 0 Å². The van der Waals surface area contributed by atoms with Gasteiger partial charge in [-0.2, -0.15) is 5.10 Å². The Morgan fingerprint density at radius 2 is 1.77 bits per heavy atom. The number of aromatic nitrogens is 4. The molecule has 1 aromatic carbocycles. The van der Waals surface area contributed by atoms with Crippen LogP contribution in [0.2, 0.25) is 0 Å². The van der Waals surface area contributed by atoms with Gasteiger partial charge < -0.3 is 5.43 Å². The molecule has 3 aromatic rings. The van der Waals surface area contributed by atoms with Crippen LogP contribution in [0.5, 0.6) is 0 Å². The zero-order valence-electron chi connectivity index (χ0n) is 14.5. The van der Waals surface area contributed by atoms with Gasteiger partial charge in [0, 0.05) is 19.3 Å². The highest BCUT2D eigenvalue weighted by atomic mass is 32.2. The average molecular weight is 372 g/mol. The van der Waals surface area contributed by atoms with Crippen LogP contribution in [0.3, 0.4) is 0 Å². The summed E-state index contributed by atoms with van der Waals surface area (Å²) in [5.41, 5.74) is 4.79. The molecular formula is C17H20N6O2S. The van der Waals surface area contributed by atoms with Crippen molar-refractivity contribution < 1.29 is 8.42 Å². The van der Waals surface area contributed by atoms with Gasteiger partial charge in [-0.1, -0.05) is 6.42 Å². The SMILES string of the molecule is CS(=O)(=O)c1ccc(-n2ncc3c(NN4CCCCC4)ncnc32)cc1. The van der Waals surface area contributed by atoms with Gasteiger partial charge in [-0.25, -0.2) is 28.1 Å². The zero-order valence-corrected chi connectivity index (χ0v) is 15.3. The first kappa shape index (κ1) is 16.9. The molecule has 136 valence electrons. The molecule has 2 aromatic heterocycles. The van der Waals surface area contributed by atoms with Crippen LogP contribution in [0.25, 0.3) is 16.7 Å². The Morgan fingerprint density at radius 3 is 2.46 bits per heavy atom. The molecule has 0 atom stereocenters. The molecule has 1 N–H and O–H groups in total. The number of fused-ring (bicyclic) bond motifs is 1. The second kappa shape index (κ2) is 6.65. The number of hydrogen-bond acceptors (Lipinski definition) is 7. The molecule has 3 heterocycles. The van der Waals surface area contributed by atoms with Crippen molar-refractivity contribution in [2.45, 2.75) is 24.2 Å². The van der Waals surface area contributed by atoms with E-state index in [1.165, 1.54) is 31.8 Å². The lowest BCUT2D eigenvalue weighted by molar-refractivity contribution is 0.272. The molecule has 0 aliphatic carbocycles. The maximum Gasteiger partial charge on any atom is 0.175 e. The predicted molar refractivity (Wildman–Crippen MR) is 98.8 cm³/mol. The van der Waals surface area contributed by atoms with Crippen LogP contribution in [0, 0.1) is 0 Å². The Kier molecular flexibility index (Phi) is 4.33. The van der Waals surface area contributed by atoms with Crippen molar-refractivity contribution in [2.24, 2.45) is 0 Å². The lowest BCUT2D eigenvalue weighted by atomic mass is 10.2. The van der Waals surface area contributed by atoms with Crippen molar-refractivity contribution in [3.8, 4) is 5.69 Å². The minimum Gasteiger partial charge on any atom is -0.302 e. The van der Waals surface area contributed by atoms with Gasteiger partial charge in [0.05, 0.1) is 22.2 Å². The van der Waals surface area contributed by atoms with Crippen molar-refractivity contribution in [2.75, 3.05) is 24.8 Å². The topological polar surface area (TPSA) is 93.0 Å². The molecule has 9 heteroatoms. The van der Waals surface area contributed by atoms with E-state index in [9.17, 15) is 8.42 Å². The van der Waals surface area contributed by atoms with Gasteiger partial charge in [0.2, 0.25) is 0 Å². The predicted octanol–water partition coefficient (Wildman–Crippen LogP) is 2.03. The third-order valence-electron chi connectivity index (χ3n) is 4.50. The summed E-state index contributed by atoms with van der Waals surface area (Å²) in [6, 6.07) is 6.60. The molecule has 8 nitrogen and oxygen atoms in total. The number of rotatable bonds is 4. The Bertz CT molecular complexity index is 1020.